The van der Waals surface area contributed by atoms with Gasteiger partial charge in [-0.15, -0.1) is 0 Å². The zero-order chi connectivity index (χ0) is 11.5. The molecule has 15 heavy (non-hydrogen) atoms. The van der Waals surface area contributed by atoms with Crippen LogP contribution in [0.1, 0.15) is 59.3 Å². The van der Waals surface area contributed by atoms with Crippen molar-refractivity contribution < 1.29 is 0 Å². The molecule has 0 aliphatic heterocycles. The molecule has 0 heterocycles. The quantitative estimate of drug-likeness (QED) is 0.408. The van der Waals surface area contributed by atoms with Gasteiger partial charge in [-0.2, -0.15) is 0 Å². The second-order valence-electron chi connectivity index (χ2n) is 4.55. The van der Waals surface area contributed by atoms with Crippen molar-refractivity contribution in [1.29, 1.82) is 0 Å². The van der Waals surface area contributed by atoms with Crippen LogP contribution >= 0.6 is 0 Å². The van der Waals surface area contributed by atoms with Crippen LogP contribution in [0.25, 0.3) is 0 Å². The fraction of sp³-hybridized carbons (Fsp3) is 0.786. The minimum absolute atomic E-state index is 0.831. The summed E-state index contributed by atoms with van der Waals surface area (Å²) in [6.45, 7) is 6.79. The van der Waals surface area contributed by atoms with E-state index < -0.39 is 0 Å². The number of rotatable bonds is 8. The first-order chi connectivity index (χ1) is 7.20. The third-order valence-electron chi connectivity index (χ3n) is 2.54. The van der Waals surface area contributed by atoms with Crippen molar-refractivity contribution in [1.82, 2.24) is 0 Å². The Morgan fingerprint density at radius 2 is 2.00 bits per heavy atom. The molecule has 0 radical (unpaired) electrons. The summed E-state index contributed by atoms with van der Waals surface area (Å²) in [5.74, 6) is 0.831. The molecule has 0 aromatic carbocycles. The molecular weight excluding hydrogens is 182 g/mol. The van der Waals surface area contributed by atoms with E-state index in [2.05, 4.69) is 37.9 Å². The van der Waals surface area contributed by atoms with Gasteiger partial charge in [0.25, 0.3) is 0 Å². The first-order valence-corrected chi connectivity index (χ1v) is 6.32. The van der Waals surface area contributed by atoms with Gasteiger partial charge >= 0.3 is 0 Å². The van der Waals surface area contributed by atoms with Gasteiger partial charge in [-0.25, -0.2) is 0 Å². The van der Waals surface area contributed by atoms with Crippen LogP contribution in [0.4, 0.5) is 0 Å². The number of unbranched alkanes of at least 4 members (excludes halogenated alkanes) is 2. The molecule has 88 valence electrons. The van der Waals surface area contributed by atoms with Crippen molar-refractivity contribution in [3.63, 3.8) is 0 Å². The zero-order valence-corrected chi connectivity index (χ0v) is 10.9. The molecule has 0 atom stereocenters. The number of aliphatic imine (C=N–C) groups is 1. The van der Waals surface area contributed by atoms with E-state index in [9.17, 15) is 0 Å². The fourth-order valence-electron chi connectivity index (χ4n) is 1.49. The monoisotopic (exact) mass is 209 g/mol. The maximum Gasteiger partial charge on any atom is 0.0341 e. The average Bonchev–Trinajstić information content (AvgIpc) is 2.21. The van der Waals surface area contributed by atoms with Gasteiger partial charge in [0.2, 0.25) is 0 Å². The van der Waals surface area contributed by atoms with Crippen LogP contribution in [-0.4, -0.2) is 12.8 Å². The summed E-state index contributed by atoms with van der Waals surface area (Å²) in [7, 11) is 1.89. The summed E-state index contributed by atoms with van der Waals surface area (Å²) in [5, 5.41) is 0. The highest BCUT2D eigenvalue weighted by molar-refractivity contribution is 5.94. The summed E-state index contributed by atoms with van der Waals surface area (Å²) in [4.78, 5) is 4.29. The molecule has 0 N–H and O–H groups in total. The Bertz CT molecular complexity index is 190. The predicted octanol–water partition coefficient (Wildman–Crippen LogP) is 4.63. The molecule has 0 unspecified atom stereocenters. The number of nitrogens with zero attached hydrogens (tertiary/aromatic N) is 1. The van der Waals surface area contributed by atoms with E-state index in [4.69, 9.17) is 0 Å². The van der Waals surface area contributed by atoms with Gasteiger partial charge in [-0.05, 0) is 37.7 Å². The standard InChI is InChI=1S/C14H27N/c1-5-6-11-14(15-4)12-9-7-8-10-13(2)3/h9,12-13H,5-8,10-11H2,1-4H3/b12-9+,15-14+. The van der Waals surface area contributed by atoms with E-state index in [1.54, 1.807) is 0 Å². The van der Waals surface area contributed by atoms with Gasteiger partial charge in [0.1, 0.15) is 0 Å². The van der Waals surface area contributed by atoms with E-state index >= 15 is 0 Å². The van der Waals surface area contributed by atoms with E-state index in [0.29, 0.717) is 0 Å². The van der Waals surface area contributed by atoms with E-state index in [0.717, 1.165) is 12.3 Å². The predicted molar refractivity (Wildman–Crippen MR) is 70.7 cm³/mol. The Kier molecular flexibility index (Phi) is 9.55. The second-order valence-corrected chi connectivity index (χ2v) is 4.55. The van der Waals surface area contributed by atoms with Crippen LogP contribution in [0.2, 0.25) is 0 Å². The van der Waals surface area contributed by atoms with Crippen molar-refractivity contribution in [2.24, 2.45) is 10.9 Å². The minimum atomic E-state index is 0.831. The van der Waals surface area contributed by atoms with Gasteiger partial charge < -0.3 is 0 Å². The highest BCUT2D eigenvalue weighted by Gasteiger charge is 1.93. The molecule has 0 aromatic rings. The van der Waals surface area contributed by atoms with Gasteiger partial charge in [0, 0.05) is 12.8 Å². The molecule has 1 nitrogen and oxygen atoms in total. The van der Waals surface area contributed by atoms with Crippen molar-refractivity contribution in [2.45, 2.75) is 59.3 Å². The largest absolute Gasteiger partial charge is 0.293 e. The summed E-state index contributed by atoms with van der Waals surface area (Å²) in [6, 6.07) is 0. The molecule has 0 saturated carbocycles. The summed E-state index contributed by atoms with van der Waals surface area (Å²) >= 11 is 0. The Balaban J connectivity index is 3.63. The smallest absolute Gasteiger partial charge is 0.0341 e. The lowest BCUT2D eigenvalue weighted by Crippen LogP contribution is -1.93. The number of hydrogen-bond donors (Lipinski definition) is 0. The molecule has 0 rings (SSSR count). The molecule has 0 aromatic heterocycles. The summed E-state index contributed by atoms with van der Waals surface area (Å²) in [6.07, 6.45) is 12.0. The minimum Gasteiger partial charge on any atom is -0.293 e. The van der Waals surface area contributed by atoms with E-state index in [1.165, 1.54) is 37.8 Å². The Labute approximate surface area is 95.7 Å². The highest BCUT2D eigenvalue weighted by atomic mass is 14.7. The Morgan fingerprint density at radius 3 is 2.53 bits per heavy atom. The maximum atomic E-state index is 4.29. The molecule has 0 saturated heterocycles. The van der Waals surface area contributed by atoms with Crippen LogP contribution < -0.4 is 0 Å². The molecule has 0 spiro atoms. The molecular formula is C14H27N. The van der Waals surface area contributed by atoms with Crippen LogP contribution in [0.5, 0.6) is 0 Å². The first kappa shape index (κ1) is 14.4. The third kappa shape index (κ3) is 9.71. The molecule has 0 fully saturated rings. The average molecular weight is 209 g/mol. The van der Waals surface area contributed by atoms with Crippen molar-refractivity contribution in [3.05, 3.63) is 12.2 Å². The van der Waals surface area contributed by atoms with Crippen molar-refractivity contribution >= 4 is 5.71 Å². The third-order valence-corrected chi connectivity index (χ3v) is 2.54. The van der Waals surface area contributed by atoms with Gasteiger partial charge in [0.05, 0.1) is 0 Å². The number of hydrogen-bond acceptors (Lipinski definition) is 1. The van der Waals surface area contributed by atoms with E-state index in [1.807, 2.05) is 7.05 Å². The normalized spacial score (nSPS) is 13.0. The number of allylic oxidation sites excluding steroid dienone is 2. The molecule has 0 amide bonds. The lowest BCUT2D eigenvalue weighted by Gasteiger charge is -2.01. The van der Waals surface area contributed by atoms with Gasteiger partial charge in [-0.3, -0.25) is 4.99 Å². The Morgan fingerprint density at radius 1 is 1.27 bits per heavy atom. The lowest BCUT2D eigenvalue weighted by atomic mass is 10.1. The van der Waals surface area contributed by atoms with Gasteiger partial charge in [0.15, 0.2) is 0 Å². The Hall–Kier alpha value is -0.590. The van der Waals surface area contributed by atoms with Gasteiger partial charge in [-0.1, -0.05) is 39.7 Å². The summed E-state index contributed by atoms with van der Waals surface area (Å²) in [5.41, 5.74) is 1.25. The first-order valence-electron chi connectivity index (χ1n) is 6.32. The van der Waals surface area contributed by atoms with Crippen LogP contribution in [0.3, 0.4) is 0 Å². The molecule has 0 aliphatic carbocycles. The molecule has 0 bridgehead atoms. The maximum absolute atomic E-state index is 4.29. The van der Waals surface area contributed by atoms with Crippen LogP contribution in [-0.2, 0) is 0 Å². The fourth-order valence-corrected chi connectivity index (χ4v) is 1.49. The topological polar surface area (TPSA) is 12.4 Å². The van der Waals surface area contributed by atoms with Crippen molar-refractivity contribution in [2.75, 3.05) is 7.05 Å². The summed E-state index contributed by atoms with van der Waals surface area (Å²) < 4.78 is 0. The zero-order valence-electron chi connectivity index (χ0n) is 10.9. The highest BCUT2D eigenvalue weighted by Crippen LogP contribution is 2.07. The van der Waals surface area contributed by atoms with Crippen molar-refractivity contribution in [3.8, 4) is 0 Å². The van der Waals surface area contributed by atoms with E-state index in [-0.39, 0.29) is 0 Å². The molecule has 1 heteroatoms. The van der Waals surface area contributed by atoms with Crippen LogP contribution in [0, 0.1) is 5.92 Å². The molecule has 0 aliphatic rings. The second kappa shape index (κ2) is 9.95. The lowest BCUT2D eigenvalue weighted by molar-refractivity contribution is 0.560. The SMILES string of the molecule is CCCCC(/C=C/CCCC(C)C)=N\C. The van der Waals surface area contributed by atoms with Crippen LogP contribution in [0.15, 0.2) is 17.1 Å².